The fraction of sp³-hybridized carbons (Fsp3) is 0.250. The SMILES string of the molecule is CCc1ccc2occ(CC(=O)Nc3nc(C)cs3)c2c1. The molecule has 108 valence electrons. The number of anilines is 1. The first-order valence-electron chi connectivity index (χ1n) is 6.86. The van der Waals surface area contributed by atoms with Gasteiger partial charge in [0, 0.05) is 16.3 Å². The molecule has 1 N–H and O–H groups in total. The highest BCUT2D eigenvalue weighted by Crippen LogP contribution is 2.24. The third-order valence-corrected chi connectivity index (χ3v) is 4.22. The van der Waals surface area contributed by atoms with E-state index in [9.17, 15) is 4.79 Å². The molecule has 0 unspecified atom stereocenters. The summed E-state index contributed by atoms with van der Waals surface area (Å²) in [6.07, 6.45) is 2.92. The third kappa shape index (κ3) is 2.97. The first-order valence-corrected chi connectivity index (χ1v) is 7.74. The summed E-state index contributed by atoms with van der Waals surface area (Å²) in [6, 6.07) is 6.10. The van der Waals surface area contributed by atoms with E-state index in [0.717, 1.165) is 28.6 Å². The van der Waals surface area contributed by atoms with Crippen LogP contribution in [0, 0.1) is 6.92 Å². The quantitative estimate of drug-likeness (QED) is 0.794. The molecule has 1 aromatic carbocycles. The topological polar surface area (TPSA) is 55.1 Å². The molecular weight excluding hydrogens is 284 g/mol. The summed E-state index contributed by atoms with van der Waals surface area (Å²) in [6.45, 7) is 4.01. The summed E-state index contributed by atoms with van der Waals surface area (Å²) < 4.78 is 5.51. The number of aryl methyl sites for hydroxylation is 2. The number of fused-ring (bicyclic) bond motifs is 1. The minimum absolute atomic E-state index is 0.0750. The molecule has 5 heteroatoms. The number of hydrogen-bond donors (Lipinski definition) is 1. The summed E-state index contributed by atoms with van der Waals surface area (Å²) >= 11 is 1.43. The first kappa shape index (κ1) is 13.8. The number of nitrogens with zero attached hydrogens (tertiary/aromatic N) is 1. The second kappa shape index (κ2) is 5.69. The Morgan fingerprint density at radius 1 is 1.43 bits per heavy atom. The molecule has 0 saturated carbocycles. The second-order valence-electron chi connectivity index (χ2n) is 4.96. The maximum Gasteiger partial charge on any atom is 0.230 e. The Kier molecular flexibility index (Phi) is 3.75. The van der Waals surface area contributed by atoms with E-state index in [1.165, 1.54) is 16.9 Å². The van der Waals surface area contributed by atoms with E-state index in [1.807, 2.05) is 24.4 Å². The summed E-state index contributed by atoms with van der Waals surface area (Å²) in [5.41, 5.74) is 3.88. The van der Waals surface area contributed by atoms with Crippen molar-refractivity contribution >= 4 is 33.3 Å². The van der Waals surface area contributed by atoms with Gasteiger partial charge in [0.1, 0.15) is 5.58 Å². The second-order valence-corrected chi connectivity index (χ2v) is 5.82. The summed E-state index contributed by atoms with van der Waals surface area (Å²) in [7, 11) is 0. The normalized spacial score (nSPS) is 11.0. The zero-order valence-electron chi connectivity index (χ0n) is 12.0. The smallest absolute Gasteiger partial charge is 0.230 e. The van der Waals surface area contributed by atoms with E-state index in [4.69, 9.17) is 4.42 Å². The van der Waals surface area contributed by atoms with Crippen LogP contribution in [-0.2, 0) is 17.6 Å². The van der Waals surface area contributed by atoms with Gasteiger partial charge in [-0.25, -0.2) is 4.98 Å². The number of amides is 1. The van der Waals surface area contributed by atoms with Gasteiger partial charge in [0.2, 0.25) is 5.91 Å². The van der Waals surface area contributed by atoms with Crippen LogP contribution in [0.1, 0.15) is 23.7 Å². The maximum absolute atomic E-state index is 12.1. The van der Waals surface area contributed by atoms with Gasteiger partial charge in [-0.2, -0.15) is 0 Å². The number of hydrogen-bond acceptors (Lipinski definition) is 4. The highest BCUT2D eigenvalue weighted by atomic mass is 32.1. The lowest BCUT2D eigenvalue weighted by atomic mass is 10.1. The molecule has 0 aliphatic rings. The van der Waals surface area contributed by atoms with Crippen LogP contribution in [-0.4, -0.2) is 10.9 Å². The predicted octanol–water partition coefficient (Wildman–Crippen LogP) is 3.94. The van der Waals surface area contributed by atoms with Crippen molar-refractivity contribution < 1.29 is 9.21 Å². The molecule has 0 aliphatic heterocycles. The molecule has 0 bridgehead atoms. The number of carbonyl (C=O) groups is 1. The lowest BCUT2D eigenvalue weighted by Gasteiger charge is -2.01. The molecule has 3 aromatic rings. The number of carbonyl (C=O) groups excluding carboxylic acids is 1. The van der Waals surface area contributed by atoms with Crippen LogP contribution in [0.4, 0.5) is 5.13 Å². The molecule has 0 atom stereocenters. The fourth-order valence-electron chi connectivity index (χ4n) is 2.23. The minimum atomic E-state index is -0.0750. The molecule has 4 nitrogen and oxygen atoms in total. The highest BCUT2D eigenvalue weighted by Gasteiger charge is 2.12. The van der Waals surface area contributed by atoms with Crippen molar-refractivity contribution in [1.82, 2.24) is 4.98 Å². The van der Waals surface area contributed by atoms with Crippen LogP contribution >= 0.6 is 11.3 Å². The van der Waals surface area contributed by atoms with Gasteiger partial charge >= 0.3 is 0 Å². The molecular formula is C16H16N2O2S. The molecule has 1 amide bonds. The maximum atomic E-state index is 12.1. The lowest BCUT2D eigenvalue weighted by Crippen LogP contribution is -2.14. The van der Waals surface area contributed by atoms with Crippen LogP contribution in [0.15, 0.2) is 34.3 Å². The molecule has 0 fully saturated rings. The highest BCUT2D eigenvalue weighted by molar-refractivity contribution is 7.13. The summed E-state index contributed by atoms with van der Waals surface area (Å²) in [5, 5.41) is 6.39. The molecule has 21 heavy (non-hydrogen) atoms. The Morgan fingerprint density at radius 2 is 2.29 bits per heavy atom. The van der Waals surface area contributed by atoms with Gasteiger partial charge in [-0.15, -0.1) is 11.3 Å². The van der Waals surface area contributed by atoms with Crippen molar-refractivity contribution in [3.8, 4) is 0 Å². The van der Waals surface area contributed by atoms with Crippen molar-refractivity contribution in [2.45, 2.75) is 26.7 Å². The lowest BCUT2D eigenvalue weighted by molar-refractivity contribution is -0.115. The number of nitrogens with one attached hydrogen (secondary N) is 1. The van der Waals surface area contributed by atoms with Gasteiger partial charge in [-0.1, -0.05) is 13.0 Å². The van der Waals surface area contributed by atoms with Gasteiger partial charge in [0.15, 0.2) is 5.13 Å². The minimum Gasteiger partial charge on any atom is -0.464 e. The molecule has 0 aliphatic carbocycles. The van der Waals surface area contributed by atoms with Crippen LogP contribution < -0.4 is 5.32 Å². The Bertz CT molecular complexity index is 789. The molecule has 0 radical (unpaired) electrons. The Labute approximate surface area is 126 Å². The van der Waals surface area contributed by atoms with Crippen molar-refractivity contribution in [3.63, 3.8) is 0 Å². The molecule has 0 spiro atoms. The number of thiazole rings is 1. The van der Waals surface area contributed by atoms with Crippen LogP contribution in [0.25, 0.3) is 11.0 Å². The monoisotopic (exact) mass is 300 g/mol. The van der Waals surface area contributed by atoms with Gasteiger partial charge < -0.3 is 9.73 Å². The summed E-state index contributed by atoms with van der Waals surface area (Å²) in [5.74, 6) is -0.0750. The number of furan rings is 1. The third-order valence-electron chi connectivity index (χ3n) is 3.34. The zero-order valence-corrected chi connectivity index (χ0v) is 12.8. The standard InChI is InChI=1S/C16H16N2O2S/c1-3-11-4-5-14-13(6-11)12(8-20-14)7-15(19)18-16-17-10(2)9-21-16/h4-6,8-9H,3,7H2,1-2H3,(H,17,18,19). The average molecular weight is 300 g/mol. The van der Waals surface area contributed by atoms with Gasteiger partial charge in [-0.3, -0.25) is 4.79 Å². The van der Waals surface area contributed by atoms with E-state index in [-0.39, 0.29) is 5.91 Å². The molecule has 0 saturated heterocycles. The Balaban J connectivity index is 1.79. The van der Waals surface area contributed by atoms with Gasteiger partial charge in [0.25, 0.3) is 0 Å². The van der Waals surface area contributed by atoms with Crippen LogP contribution in [0.2, 0.25) is 0 Å². The van der Waals surface area contributed by atoms with Crippen molar-refractivity contribution in [3.05, 3.63) is 46.7 Å². The number of aromatic nitrogens is 1. The van der Waals surface area contributed by atoms with E-state index < -0.39 is 0 Å². The average Bonchev–Trinajstić information content (AvgIpc) is 3.05. The zero-order chi connectivity index (χ0) is 14.8. The first-order chi connectivity index (χ1) is 10.2. The number of rotatable bonds is 4. The van der Waals surface area contributed by atoms with E-state index in [1.54, 1.807) is 6.26 Å². The molecule has 2 aromatic heterocycles. The fourth-order valence-corrected chi connectivity index (χ4v) is 2.94. The Hall–Kier alpha value is -2.14. The Morgan fingerprint density at radius 3 is 3.00 bits per heavy atom. The number of benzene rings is 1. The predicted molar refractivity (Wildman–Crippen MR) is 84.8 cm³/mol. The van der Waals surface area contributed by atoms with Crippen LogP contribution in [0.3, 0.4) is 0 Å². The van der Waals surface area contributed by atoms with Crippen molar-refractivity contribution in [2.75, 3.05) is 5.32 Å². The molecule has 2 heterocycles. The van der Waals surface area contributed by atoms with Gasteiger partial charge in [0.05, 0.1) is 18.4 Å². The van der Waals surface area contributed by atoms with Gasteiger partial charge in [-0.05, 0) is 31.0 Å². The largest absolute Gasteiger partial charge is 0.464 e. The van der Waals surface area contributed by atoms with E-state index >= 15 is 0 Å². The van der Waals surface area contributed by atoms with Crippen molar-refractivity contribution in [2.24, 2.45) is 0 Å². The van der Waals surface area contributed by atoms with Crippen molar-refractivity contribution in [1.29, 1.82) is 0 Å². The van der Waals surface area contributed by atoms with Crippen LogP contribution in [0.5, 0.6) is 0 Å². The van der Waals surface area contributed by atoms with E-state index in [0.29, 0.717) is 11.6 Å². The summed E-state index contributed by atoms with van der Waals surface area (Å²) in [4.78, 5) is 16.3. The van der Waals surface area contributed by atoms with E-state index in [2.05, 4.69) is 23.3 Å². The molecule has 3 rings (SSSR count).